The van der Waals surface area contributed by atoms with Crippen LogP contribution in [0.15, 0.2) is 66.3 Å². The number of nitrogens with two attached hydrogens (primary N) is 1. The lowest BCUT2D eigenvalue weighted by atomic mass is 9.76. The van der Waals surface area contributed by atoms with Gasteiger partial charge in [0.15, 0.2) is 0 Å². The van der Waals surface area contributed by atoms with Gasteiger partial charge in [-0.3, -0.25) is 4.79 Å². The number of aromatic hydroxyl groups is 1. The molecule has 2 aromatic rings. The van der Waals surface area contributed by atoms with E-state index in [9.17, 15) is 15.0 Å². The normalized spacial score (nSPS) is 22.3. The first-order valence-corrected chi connectivity index (χ1v) is 17.6. The summed E-state index contributed by atoms with van der Waals surface area (Å²) in [7, 11) is 0. The van der Waals surface area contributed by atoms with Gasteiger partial charge < -0.3 is 15.9 Å². The van der Waals surface area contributed by atoms with E-state index in [4.69, 9.17) is 5.73 Å². The number of fused-ring (bicyclic) bond motifs is 2. The second-order valence-corrected chi connectivity index (χ2v) is 13.6. The molecule has 4 rings (SSSR count). The fourth-order valence-corrected chi connectivity index (χ4v) is 7.53. The van der Waals surface area contributed by atoms with Crippen molar-refractivity contribution in [1.82, 2.24) is 0 Å². The Morgan fingerprint density at radius 3 is 2.43 bits per heavy atom. The van der Waals surface area contributed by atoms with Gasteiger partial charge in [-0.2, -0.15) is 0 Å². The summed E-state index contributed by atoms with van der Waals surface area (Å²) < 4.78 is 0. The van der Waals surface area contributed by atoms with Crippen LogP contribution in [0.1, 0.15) is 125 Å². The molecule has 0 amide bonds. The molecule has 2 aromatic carbocycles. The third-order valence-corrected chi connectivity index (χ3v) is 10.1. The predicted molar refractivity (Wildman–Crippen MR) is 183 cm³/mol. The highest BCUT2D eigenvalue weighted by Crippen LogP contribution is 2.38. The molecule has 2 aliphatic carbocycles. The number of carbonyl (C=O) groups is 1. The second-order valence-electron chi connectivity index (χ2n) is 13.6. The first kappa shape index (κ1) is 34.0. The third kappa shape index (κ3) is 10.6. The monoisotopic (exact) mass is 599 g/mol. The maximum absolute atomic E-state index is 12.0. The molecule has 0 radical (unpaired) electrons. The Morgan fingerprint density at radius 2 is 1.66 bits per heavy atom. The van der Waals surface area contributed by atoms with E-state index in [1.165, 1.54) is 68.9 Å². The summed E-state index contributed by atoms with van der Waals surface area (Å²) in [5, 5.41) is 20.6. The number of hydrogen-bond acceptors (Lipinski definition) is 3. The van der Waals surface area contributed by atoms with Crippen LogP contribution in [-0.2, 0) is 24.1 Å². The first-order chi connectivity index (χ1) is 21.5. The molecule has 240 valence electrons. The average molecular weight is 600 g/mol. The average Bonchev–Trinajstić information content (AvgIpc) is 3.46. The number of benzene rings is 2. The SMILES string of the molecule is CCCCCc1cc(C2Cc3cccc(c3)CC(C(=O)O)CC=CCC2CCCCCCC2C=C(CCN)CC2)ccc1O. The Bertz CT molecular complexity index is 1230. The van der Waals surface area contributed by atoms with Crippen LogP contribution in [0.4, 0.5) is 0 Å². The lowest BCUT2D eigenvalue weighted by Crippen LogP contribution is -2.18. The highest BCUT2D eigenvalue weighted by atomic mass is 16.4. The standard InChI is InChI=1S/C40H57NO3/c1-2-3-6-17-36-29-35(21-22-39(36)42)38-28-33-14-11-13-32(26-33)27-37(40(43)44)18-10-9-16-34(38)15-8-5-4-7-12-30-19-20-31(25-30)23-24-41/h9-11,13-14,21-22,25-26,29-30,34,37-38,42H,2-8,12,15-20,23-24,27-28,41H2,1H3,(H,43,44). The van der Waals surface area contributed by atoms with Gasteiger partial charge in [0.2, 0.25) is 0 Å². The molecular formula is C40H57NO3. The van der Waals surface area contributed by atoms with Crippen LogP contribution in [0.5, 0.6) is 5.75 Å². The predicted octanol–water partition coefficient (Wildman–Crippen LogP) is 9.69. The highest BCUT2D eigenvalue weighted by molar-refractivity contribution is 5.70. The van der Waals surface area contributed by atoms with E-state index in [-0.39, 0.29) is 5.92 Å². The van der Waals surface area contributed by atoms with Crippen molar-refractivity contribution < 1.29 is 15.0 Å². The number of rotatable bonds is 15. The first-order valence-electron chi connectivity index (χ1n) is 17.6. The van der Waals surface area contributed by atoms with Crippen molar-refractivity contribution in [3.05, 3.63) is 88.5 Å². The van der Waals surface area contributed by atoms with Gasteiger partial charge in [-0.15, -0.1) is 0 Å². The van der Waals surface area contributed by atoms with Crippen LogP contribution in [0.25, 0.3) is 0 Å². The van der Waals surface area contributed by atoms with Crippen molar-refractivity contribution >= 4 is 5.97 Å². The molecule has 0 aliphatic heterocycles. The molecule has 44 heavy (non-hydrogen) atoms. The smallest absolute Gasteiger partial charge is 0.307 e. The molecule has 2 bridgehead atoms. The molecular weight excluding hydrogens is 542 g/mol. The summed E-state index contributed by atoms with van der Waals surface area (Å²) in [5.41, 5.74) is 12.1. The van der Waals surface area contributed by atoms with E-state index in [1.807, 2.05) is 6.07 Å². The van der Waals surface area contributed by atoms with Crippen LogP contribution < -0.4 is 5.73 Å². The van der Waals surface area contributed by atoms with Crippen LogP contribution in [0.2, 0.25) is 0 Å². The van der Waals surface area contributed by atoms with Crippen molar-refractivity contribution in [2.24, 2.45) is 23.5 Å². The zero-order valence-electron chi connectivity index (χ0n) is 27.2. The lowest BCUT2D eigenvalue weighted by Gasteiger charge is -2.29. The lowest BCUT2D eigenvalue weighted by molar-refractivity contribution is -0.141. The Morgan fingerprint density at radius 1 is 0.886 bits per heavy atom. The number of allylic oxidation sites excluding steroid dienone is 3. The van der Waals surface area contributed by atoms with E-state index in [0.29, 0.717) is 30.4 Å². The summed E-state index contributed by atoms with van der Waals surface area (Å²) in [6.07, 6.45) is 25.4. The van der Waals surface area contributed by atoms with E-state index < -0.39 is 5.97 Å². The molecule has 4 N–H and O–H groups in total. The van der Waals surface area contributed by atoms with E-state index in [0.717, 1.165) is 62.1 Å². The zero-order valence-corrected chi connectivity index (χ0v) is 27.2. The summed E-state index contributed by atoms with van der Waals surface area (Å²) in [6, 6.07) is 15.0. The number of carboxylic acids is 1. The van der Waals surface area contributed by atoms with E-state index in [2.05, 4.69) is 61.5 Å². The maximum Gasteiger partial charge on any atom is 0.307 e. The minimum Gasteiger partial charge on any atom is -0.508 e. The highest BCUT2D eigenvalue weighted by Gasteiger charge is 2.25. The topological polar surface area (TPSA) is 83.5 Å². The summed E-state index contributed by atoms with van der Waals surface area (Å²) in [4.78, 5) is 12.0. The molecule has 2 aliphatic rings. The molecule has 0 saturated heterocycles. The van der Waals surface area contributed by atoms with Gasteiger partial charge in [0.1, 0.15) is 5.75 Å². The van der Waals surface area contributed by atoms with Crippen molar-refractivity contribution in [2.45, 2.75) is 122 Å². The van der Waals surface area contributed by atoms with Crippen molar-refractivity contribution in [1.29, 1.82) is 0 Å². The molecule has 4 heteroatoms. The number of aliphatic carboxylic acids is 1. The van der Waals surface area contributed by atoms with Crippen molar-refractivity contribution in [3.8, 4) is 5.75 Å². The summed E-state index contributed by atoms with van der Waals surface area (Å²) in [5.74, 6) is 0.878. The summed E-state index contributed by atoms with van der Waals surface area (Å²) >= 11 is 0. The molecule has 0 saturated carbocycles. The van der Waals surface area contributed by atoms with Gasteiger partial charge in [-0.05, 0) is 123 Å². The molecule has 4 unspecified atom stereocenters. The molecule has 0 fully saturated rings. The van der Waals surface area contributed by atoms with Gasteiger partial charge in [0.25, 0.3) is 0 Å². The van der Waals surface area contributed by atoms with Crippen molar-refractivity contribution in [3.63, 3.8) is 0 Å². The number of aryl methyl sites for hydroxylation is 1. The van der Waals surface area contributed by atoms with Gasteiger partial charge in [0.05, 0.1) is 5.92 Å². The molecule has 4 nitrogen and oxygen atoms in total. The Balaban J connectivity index is 1.49. The minimum atomic E-state index is -0.713. The van der Waals surface area contributed by atoms with Gasteiger partial charge in [-0.25, -0.2) is 0 Å². The number of phenols is 1. The third-order valence-electron chi connectivity index (χ3n) is 10.1. The van der Waals surface area contributed by atoms with Crippen LogP contribution in [0.3, 0.4) is 0 Å². The molecule has 0 aromatic heterocycles. The molecule has 4 atom stereocenters. The fraction of sp³-hybridized carbons (Fsp3) is 0.575. The van der Waals surface area contributed by atoms with Crippen molar-refractivity contribution in [2.75, 3.05) is 6.54 Å². The van der Waals surface area contributed by atoms with Gasteiger partial charge >= 0.3 is 5.97 Å². The number of carboxylic acid groups (broad SMARTS) is 1. The number of unbranched alkanes of at least 4 members (excludes halogenated alkanes) is 5. The van der Waals surface area contributed by atoms with Gasteiger partial charge in [-0.1, -0.05) is 106 Å². The number of phenolic OH excluding ortho intramolecular Hbond substituents is 1. The van der Waals surface area contributed by atoms with E-state index in [1.54, 1.807) is 5.57 Å². The second kappa shape index (κ2) is 18.2. The maximum atomic E-state index is 12.0. The van der Waals surface area contributed by atoms with Crippen LogP contribution >= 0.6 is 0 Å². The van der Waals surface area contributed by atoms with Crippen LogP contribution in [0, 0.1) is 17.8 Å². The largest absolute Gasteiger partial charge is 0.508 e. The Labute approximate surface area is 266 Å². The van der Waals surface area contributed by atoms with Crippen LogP contribution in [-0.4, -0.2) is 22.7 Å². The quantitative estimate of drug-likeness (QED) is 0.141. The van der Waals surface area contributed by atoms with Gasteiger partial charge in [0, 0.05) is 0 Å². The number of hydrogen-bond donors (Lipinski definition) is 3. The Kier molecular flexibility index (Phi) is 14.1. The fourth-order valence-electron chi connectivity index (χ4n) is 7.53. The Hall–Kier alpha value is -2.85. The zero-order chi connectivity index (χ0) is 31.1. The molecule has 0 heterocycles. The molecule has 0 spiro atoms. The summed E-state index contributed by atoms with van der Waals surface area (Å²) in [6.45, 7) is 2.99. The van der Waals surface area contributed by atoms with E-state index >= 15 is 0 Å². The minimum absolute atomic E-state index is 0.347.